The number of anilines is 2. The summed E-state index contributed by atoms with van der Waals surface area (Å²) in [4.78, 5) is 8.00. The van der Waals surface area contributed by atoms with Crippen molar-refractivity contribution in [3.05, 3.63) is 35.9 Å². The molecule has 0 unspecified atom stereocenters. The molecule has 1 aromatic carbocycles. The summed E-state index contributed by atoms with van der Waals surface area (Å²) in [6.07, 6.45) is 0. The van der Waals surface area contributed by atoms with Gasteiger partial charge in [0.2, 0.25) is 5.95 Å². The molecule has 4 nitrogen and oxygen atoms in total. The van der Waals surface area contributed by atoms with Gasteiger partial charge in [-0.15, -0.1) is 0 Å². The fourth-order valence-electron chi connectivity index (χ4n) is 1.29. The van der Waals surface area contributed by atoms with Gasteiger partial charge in [-0.1, -0.05) is 11.8 Å². The van der Waals surface area contributed by atoms with E-state index in [0.29, 0.717) is 10.8 Å². The Kier molecular flexibility index (Phi) is 3.61. The molecular formula is C11H10F2N4S. The first-order chi connectivity index (χ1) is 8.58. The lowest BCUT2D eigenvalue weighted by Gasteiger charge is -2.05. The van der Waals surface area contributed by atoms with Crippen LogP contribution in [0.3, 0.4) is 0 Å². The predicted octanol–water partition coefficient (Wildman–Crippen LogP) is 2.53. The van der Waals surface area contributed by atoms with Gasteiger partial charge in [-0.05, 0) is 18.2 Å². The van der Waals surface area contributed by atoms with Gasteiger partial charge in [-0.3, -0.25) is 0 Å². The molecule has 0 aliphatic rings. The standard InChI is InChI=1S/C11H10F2N4S/c1-15-9-5-10(17-11(14)16-9)18-8-4-6(12)2-3-7(8)13/h2-5H,1H3,(H3,14,15,16,17). The summed E-state index contributed by atoms with van der Waals surface area (Å²) in [5.41, 5.74) is 5.51. The maximum atomic E-state index is 13.5. The fourth-order valence-corrected chi connectivity index (χ4v) is 2.16. The van der Waals surface area contributed by atoms with Crippen molar-refractivity contribution >= 4 is 23.5 Å². The Hall–Kier alpha value is -1.89. The summed E-state index contributed by atoms with van der Waals surface area (Å²) in [6.45, 7) is 0. The Morgan fingerprint density at radius 3 is 2.72 bits per heavy atom. The average Bonchev–Trinajstić information content (AvgIpc) is 2.33. The van der Waals surface area contributed by atoms with E-state index >= 15 is 0 Å². The first kappa shape index (κ1) is 12.6. The van der Waals surface area contributed by atoms with Crippen molar-refractivity contribution in [2.45, 2.75) is 9.92 Å². The van der Waals surface area contributed by atoms with E-state index in [9.17, 15) is 8.78 Å². The van der Waals surface area contributed by atoms with Gasteiger partial charge in [-0.25, -0.2) is 13.8 Å². The highest BCUT2D eigenvalue weighted by Gasteiger charge is 2.08. The molecule has 94 valence electrons. The number of rotatable bonds is 3. The van der Waals surface area contributed by atoms with Crippen LogP contribution >= 0.6 is 11.8 Å². The Bertz CT molecular complexity index is 577. The quantitative estimate of drug-likeness (QED) is 0.837. The van der Waals surface area contributed by atoms with E-state index in [-0.39, 0.29) is 10.8 Å². The number of nitrogen functional groups attached to an aromatic ring is 1. The maximum absolute atomic E-state index is 13.5. The average molecular weight is 268 g/mol. The van der Waals surface area contributed by atoms with Crippen LogP contribution in [0, 0.1) is 11.6 Å². The van der Waals surface area contributed by atoms with Crippen LogP contribution in [0.2, 0.25) is 0 Å². The van der Waals surface area contributed by atoms with Crippen LogP contribution in [-0.2, 0) is 0 Å². The Balaban J connectivity index is 2.33. The number of benzene rings is 1. The SMILES string of the molecule is CNc1cc(Sc2cc(F)ccc2F)nc(N)n1. The lowest BCUT2D eigenvalue weighted by atomic mass is 10.3. The van der Waals surface area contributed by atoms with Gasteiger partial charge in [0.15, 0.2) is 0 Å². The number of aromatic nitrogens is 2. The third kappa shape index (κ3) is 2.86. The number of nitrogens with zero attached hydrogens (tertiary/aromatic N) is 2. The Morgan fingerprint density at radius 1 is 1.22 bits per heavy atom. The van der Waals surface area contributed by atoms with Gasteiger partial charge in [0.05, 0.1) is 4.90 Å². The topological polar surface area (TPSA) is 63.8 Å². The normalized spacial score (nSPS) is 10.4. The summed E-state index contributed by atoms with van der Waals surface area (Å²) >= 11 is 0.986. The summed E-state index contributed by atoms with van der Waals surface area (Å²) in [5, 5.41) is 3.25. The molecule has 0 saturated heterocycles. The molecule has 3 N–H and O–H groups in total. The van der Waals surface area contributed by atoms with Crippen molar-refractivity contribution < 1.29 is 8.78 Å². The molecule has 18 heavy (non-hydrogen) atoms. The van der Waals surface area contributed by atoms with Crippen molar-refractivity contribution in [3.63, 3.8) is 0 Å². The third-order valence-corrected chi connectivity index (χ3v) is 3.03. The smallest absolute Gasteiger partial charge is 0.223 e. The van der Waals surface area contributed by atoms with E-state index in [0.717, 1.165) is 30.0 Å². The van der Waals surface area contributed by atoms with Crippen molar-refractivity contribution in [2.24, 2.45) is 0 Å². The lowest BCUT2D eigenvalue weighted by Crippen LogP contribution is -2.00. The lowest BCUT2D eigenvalue weighted by molar-refractivity contribution is 0.577. The van der Waals surface area contributed by atoms with Gasteiger partial charge >= 0.3 is 0 Å². The van der Waals surface area contributed by atoms with Gasteiger partial charge in [-0.2, -0.15) is 4.98 Å². The van der Waals surface area contributed by atoms with Crippen LogP contribution < -0.4 is 11.1 Å². The van der Waals surface area contributed by atoms with Crippen LogP contribution in [0.4, 0.5) is 20.5 Å². The van der Waals surface area contributed by atoms with Crippen LogP contribution in [0.1, 0.15) is 0 Å². The van der Waals surface area contributed by atoms with E-state index in [1.165, 1.54) is 0 Å². The predicted molar refractivity (Wildman–Crippen MR) is 66.5 cm³/mol. The van der Waals surface area contributed by atoms with Gasteiger partial charge in [0, 0.05) is 13.1 Å². The van der Waals surface area contributed by atoms with Crippen molar-refractivity contribution in [2.75, 3.05) is 18.1 Å². The molecular weight excluding hydrogens is 258 g/mol. The summed E-state index contributed by atoms with van der Waals surface area (Å²) in [6, 6.07) is 4.84. The van der Waals surface area contributed by atoms with Crippen LogP contribution in [0.15, 0.2) is 34.2 Å². The minimum Gasteiger partial charge on any atom is -0.373 e. The molecule has 2 aromatic rings. The molecule has 0 amide bonds. The molecule has 0 aliphatic heterocycles. The molecule has 0 fully saturated rings. The second-order valence-corrected chi connectivity index (χ2v) is 4.44. The van der Waals surface area contributed by atoms with E-state index in [4.69, 9.17) is 5.73 Å². The number of hydrogen-bond acceptors (Lipinski definition) is 5. The molecule has 0 atom stereocenters. The zero-order chi connectivity index (χ0) is 13.1. The zero-order valence-electron chi connectivity index (χ0n) is 9.45. The van der Waals surface area contributed by atoms with E-state index in [1.807, 2.05) is 0 Å². The highest BCUT2D eigenvalue weighted by Crippen LogP contribution is 2.30. The molecule has 0 saturated carbocycles. The zero-order valence-corrected chi connectivity index (χ0v) is 10.3. The molecule has 0 spiro atoms. The molecule has 0 bridgehead atoms. The monoisotopic (exact) mass is 268 g/mol. The second kappa shape index (κ2) is 5.18. The molecule has 1 aromatic heterocycles. The summed E-state index contributed by atoms with van der Waals surface area (Å²) in [5.74, 6) is -0.428. The van der Waals surface area contributed by atoms with Gasteiger partial charge in [0.1, 0.15) is 22.5 Å². The van der Waals surface area contributed by atoms with Gasteiger partial charge in [0.25, 0.3) is 0 Å². The number of nitrogens with one attached hydrogen (secondary N) is 1. The number of halogens is 2. The van der Waals surface area contributed by atoms with E-state index in [2.05, 4.69) is 15.3 Å². The van der Waals surface area contributed by atoms with Gasteiger partial charge < -0.3 is 11.1 Å². The van der Waals surface area contributed by atoms with E-state index in [1.54, 1.807) is 13.1 Å². The number of nitrogens with two attached hydrogens (primary N) is 1. The highest BCUT2D eigenvalue weighted by atomic mass is 32.2. The summed E-state index contributed by atoms with van der Waals surface area (Å²) in [7, 11) is 1.68. The molecule has 0 radical (unpaired) electrons. The minimum atomic E-state index is -0.510. The van der Waals surface area contributed by atoms with Crippen LogP contribution in [-0.4, -0.2) is 17.0 Å². The van der Waals surface area contributed by atoms with E-state index < -0.39 is 11.6 Å². The minimum absolute atomic E-state index is 0.0705. The molecule has 0 aliphatic carbocycles. The third-order valence-electron chi connectivity index (χ3n) is 2.08. The van der Waals surface area contributed by atoms with Crippen LogP contribution in [0.5, 0.6) is 0 Å². The Labute approximate surface area is 107 Å². The van der Waals surface area contributed by atoms with Crippen molar-refractivity contribution in [1.82, 2.24) is 9.97 Å². The molecule has 2 rings (SSSR count). The summed E-state index contributed by atoms with van der Waals surface area (Å²) < 4.78 is 26.5. The first-order valence-electron chi connectivity index (χ1n) is 5.03. The highest BCUT2D eigenvalue weighted by molar-refractivity contribution is 7.99. The second-order valence-electron chi connectivity index (χ2n) is 3.38. The molecule has 1 heterocycles. The molecule has 7 heteroatoms. The van der Waals surface area contributed by atoms with Crippen molar-refractivity contribution in [3.8, 4) is 0 Å². The maximum Gasteiger partial charge on any atom is 0.223 e. The largest absolute Gasteiger partial charge is 0.373 e. The number of hydrogen-bond donors (Lipinski definition) is 2. The Morgan fingerprint density at radius 2 is 2.00 bits per heavy atom. The fraction of sp³-hybridized carbons (Fsp3) is 0.0909. The first-order valence-corrected chi connectivity index (χ1v) is 5.85. The van der Waals surface area contributed by atoms with Crippen molar-refractivity contribution in [1.29, 1.82) is 0 Å². The van der Waals surface area contributed by atoms with Crippen LogP contribution in [0.25, 0.3) is 0 Å².